The van der Waals surface area contributed by atoms with E-state index in [1.807, 2.05) is 24.3 Å². The first kappa shape index (κ1) is 19.9. The van der Waals surface area contributed by atoms with Crippen LogP contribution in [0, 0.1) is 16.0 Å². The minimum absolute atomic E-state index is 0.0263. The van der Waals surface area contributed by atoms with E-state index >= 15 is 0 Å². The summed E-state index contributed by atoms with van der Waals surface area (Å²) in [5, 5.41) is 14.2. The smallest absolute Gasteiger partial charge is 0.271 e. The molecule has 7 nitrogen and oxygen atoms in total. The molecule has 0 atom stereocenters. The Morgan fingerprint density at radius 1 is 1.25 bits per heavy atom. The summed E-state index contributed by atoms with van der Waals surface area (Å²) in [6.07, 6.45) is 1.42. The molecule has 0 spiro atoms. The number of nitrogens with zero attached hydrogens (tertiary/aromatic N) is 2. The number of non-ortho nitro benzene ring substituents is 1. The summed E-state index contributed by atoms with van der Waals surface area (Å²) in [4.78, 5) is 24.9. The molecule has 1 saturated heterocycles. The first-order valence-electron chi connectivity index (χ1n) is 9.07. The van der Waals surface area contributed by atoms with Crippen molar-refractivity contribution in [3.05, 3.63) is 63.2 Å². The third-order valence-corrected chi connectivity index (χ3v) is 5.28. The van der Waals surface area contributed by atoms with Crippen molar-refractivity contribution in [2.75, 3.05) is 25.1 Å². The number of hydrogen-bond donors (Lipinski definition) is 1. The van der Waals surface area contributed by atoms with Crippen molar-refractivity contribution in [1.29, 1.82) is 0 Å². The van der Waals surface area contributed by atoms with Crippen LogP contribution in [-0.2, 0) is 11.3 Å². The number of nitro groups is 1. The summed E-state index contributed by atoms with van der Waals surface area (Å²) in [6.45, 7) is 1.84. The van der Waals surface area contributed by atoms with Crippen molar-refractivity contribution in [2.24, 2.45) is 5.92 Å². The number of piperidine rings is 1. The molecule has 2 aromatic carbocycles. The van der Waals surface area contributed by atoms with Gasteiger partial charge in [0, 0.05) is 37.7 Å². The predicted molar refractivity (Wildman–Crippen MR) is 108 cm³/mol. The number of carbonyl (C=O) groups is 1. The van der Waals surface area contributed by atoms with E-state index in [0.717, 1.165) is 17.0 Å². The predicted octanol–water partition coefficient (Wildman–Crippen LogP) is 3.79. The van der Waals surface area contributed by atoms with Crippen LogP contribution < -0.4 is 15.0 Å². The zero-order valence-corrected chi connectivity index (χ0v) is 16.3. The van der Waals surface area contributed by atoms with Crippen LogP contribution in [0.25, 0.3) is 0 Å². The molecule has 1 fully saturated rings. The van der Waals surface area contributed by atoms with E-state index in [4.69, 9.17) is 16.3 Å². The second-order valence-corrected chi connectivity index (χ2v) is 7.13. The van der Waals surface area contributed by atoms with E-state index in [1.165, 1.54) is 12.1 Å². The largest absolute Gasteiger partial charge is 0.497 e. The Morgan fingerprint density at radius 2 is 1.93 bits per heavy atom. The highest BCUT2D eigenvalue weighted by Gasteiger charge is 2.26. The third-order valence-electron chi connectivity index (χ3n) is 4.97. The number of ether oxygens (including phenoxy) is 1. The summed E-state index contributed by atoms with van der Waals surface area (Å²) in [7, 11) is 1.62. The molecule has 0 aliphatic carbocycles. The van der Waals surface area contributed by atoms with Gasteiger partial charge in [0.15, 0.2) is 0 Å². The van der Waals surface area contributed by atoms with Gasteiger partial charge >= 0.3 is 0 Å². The van der Waals surface area contributed by atoms with Crippen LogP contribution in [0.15, 0.2) is 42.5 Å². The second-order valence-electron chi connectivity index (χ2n) is 6.72. The summed E-state index contributed by atoms with van der Waals surface area (Å²) >= 11 is 6.21. The number of anilines is 1. The average molecular weight is 404 g/mol. The van der Waals surface area contributed by atoms with Gasteiger partial charge in [0.1, 0.15) is 5.75 Å². The van der Waals surface area contributed by atoms with Crippen molar-refractivity contribution < 1.29 is 14.5 Å². The Balaban J connectivity index is 1.51. The lowest BCUT2D eigenvalue weighted by Crippen LogP contribution is -2.40. The Labute approximate surface area is 168 Å². The molecule has 0 saturated carbocycles. The molecule has 0 bridgehead atoms. The van der Waals surface area contributed by atoms with E-state index in [9.17, 15) is 14.9 Å². The van der Waals surface area contributed by atoms with E-state index in [0.29, 0.717) is 37.5 Å². The van der Waals surface area contributed by atoms with Crippen LogP contribution in [0.5, 0.6) is 5.75 Å². The van der Waals surface area contributed by atoms with Crippen molar-refractivity contribution in [1.82, 2.24) is 5.32 Å². The van der Waals surface area contributed by atoms with Gasteiger partial charge in [0.2, 0.25) is 5.91 Å². The molecule has 1 aliphatic heterocycles. The quantitative estimate of drug-likeness (QED) is 0.586. The van der Waals surface area contributed by atoms with Crippen LogP contribution in [0.1, 0.15) is 18.4 Å². The number of carbonyl (C=O) groups excluding carboxylic acids is 1. The van der Waals surface area contributed by atoms with Crippen LogP contribution in [0.3, 0.4) is 0 Å². The maximum absolute atomic E-state index is 12.5. The Bertz CT molecular complexity index is 849. The van der Waals surface area contributed by atoms with Gasteiger partial charge in [-0.1, -0.05) is 23.7 Å². The zero-order chi connectivity index (χ0) is 20.1. The number of amides is 1. The SMILES string of the molecule is COc1ccc(CNC(=O)C2CCN(c3ccc([N+](=O)[O-])cc3Cl)CC2)cc1. The number of benzene rings is 2. The Kier molecular flexibility index (Phi) is 6.36. The highest BCUT2D eigenvalue weighted by molar-refractivity contribution is 6.33. The van der Waals surface area contributed by atoms with Gasteiger partial charge in [0.25, 0.3) is 5.69 Å². The summed E-state index contributed by atoms with van der Waals surface area (Å²) in [6, 6.07) is 12.1. The molecule has 0 aromatic heterocycles. The number of nitro benzene ring substituents is 1. The summed E-state index contributed by atoms with van der Waals surface area (Å²) in [5.41, 5.74) is 1.76. The van der Waals surface area contributed by atoms with Crippen molar-refractivity contribution >= 4 is 28.9 Å². The minimum Gasteiger partial charge on any atom is -0.497 e. The Morgan fingerprint density at radius 3 is 2.50 bits per heavy atom. The molecule has 28 heavy (non-hydrogen) atoms. The molecular weight excluding hydrogens is 382 g/mol. The van der Waals surface area contributed by atoms with Crippen molar-refractivity contribution in [3.8, 4) is 5.75 Å². The molecule has 1 N–H and O–H groups in total. The molecule has 3 rings (SSSR count). The topological polar surface area (TPSA) is 84.7 Å². The molecule has 148 valence electrons. The molecule has 0 radical (unpaired) electrons. The fraction of sp³-hybridized carbons (Fsp3) is 0.350. The summed E-state index contributed by atoms with van der Waals surface area (Å²) in [5.74, 6) is 0.781. The highest BCUT2D eigenvalue weighted by Crippen LogP contribution is 2.32. The normalized spacial score (nSPS) is 14.6. The van der Waals surface area contributed by atoms with Crippen molar-refractivity contribution in [3.63, 3.8) is 0 Å². The molecule has 1 heterocycles. The van der Waals surface area contributed by atoms with Gasteiger partial charge < -0.3 is 15.0 Å². The number of rotatable bonds is 6. The highest BCUT2D eigenvalue weighted by atomic mass is 35.5. The van der Waals surface area contributed by atoms with E-state index in [1.54, 1.807) is 13.2 Å². The first-order valence-corrected chi connectivity index (χ1v) is 9.45. The lowest BCUT2D eigenvalue weighted by atomic mass is 9.95. The molecule has 1 amide bonds. The maximum Gasteiger partial charge on any atom is 0.271 e. The number of methoxy groups -OCH3 is 1. The standard InChI is InChI=1S/C20H22ClN3O4/c1-28-17-5-2-14(3-6-17)13-22-20(25)15-8-10-23(11-9-15)19-7-4-16(24(26)27)12-18(19)21/h2-7,12,15H,8-11,13H2,1H3,(H,22,25). The molecule has 0 unspecified atom stereocenters. The summed E-state index contributed by atoms with van der Waals surface area (Å²) < 4.78 is 5.13. The monoisotopic (exact) mass is 403 g/mol. The number of nitrogens with one attached hydrogen (secondary N) is 1. The van der Waals surface area contributed by atoms with Crippen LogP contribution in [0.2, 0.25) is 5.02 Å². The number of hydrogen-bond acceptors (Lipinski definition) is 5. The fourth-order valence-corrected chi connectivity index (χ4v) is 3.62. The third kappa shape index (κ3) is 4.72. The maximum atomic E-state index is 12.5. The molecule has 2 aromatic rings. The van der Waals surface area contributed by atoms with Crippen LogP contribution >= 0.6 is 11.6 Å². The van der Waals surface area contributed by atoms with E-state index < -0.39 is 4.92 Å². The van der Waals surface area contributed by atoms with Gasteiger partial charge in [0.05, 0.1) is 22.7 Å². The van der Waals surface area contributed by atoms with Gasteiger partial charge in [-0.3, -0.25) is 14.9 Å². The van der Waals surface area contributed by atoms with Crippen LogP contribution in [-0.4, -0.2) is 31.0 Å². The molecular formula is C20H22ClN3O4. The van der Waals surface area contributed by atoms with E-state index in [2.05, 4.69) is 10.2 Å². The number of halogens is 1. The lowest BCUT2D eigenvalue weighted by Gasteiger charge is -2.33. The van der Waals surface area contributed by atoms with Gasteiger partial charge in [-0.2, -0.15) is 0 Å². The van der Waals surface area contributed by atoms with Gasteiger partial charge in [-0.15, -0.1) is 0 Å². The lowest BCUT2D eigenvalue weighted by molar-refractivity contribution is -0.384. The first-order chi connectivity index (χ1) is 13.5. The average Bonchev–Trinajstić information content (AvgIpc) is 2.72. The Hall–Kier alpha value is -2.80. The second kappa shape index (κ2) is 8.93. The van der Waals surface area contributed by atoms with Crippen molar-refractivity contribution in [2.45, 2.75) is 19.4 Å². The fourth-order valence-electron chi connectivity index (χ4n) is 3.33. The molecule has 8 heteroatoms. The molecule has 1 aliphatic rings. The van der Waals surface area contributed by atoms with Gasteiger partial charge in [-0.05, 0) is 36.6 Å². The van der Waals surface area contributed by atoms with Crippen LogP contribution in [0.4, 0.5) is 11.4 Å². The van der Waals surface area contributed by atoms with Gasteiger partial charge in [-0.25, -0.2) is 0 Å². The zero-order valence-electron chi connectivity index (χ0n) is 15.6. The minimum atomic E-state index is -0.463. The van der Waals surface area contributed by atoms with E-state index in [-0.39, 0.29) is 17.5 Å².